The molecule has 0 spiro atoms. The second-order valence-corrected chi connectivity index (χ2v) is 5.06. The lowest BCUT2D eigenvalue weighted by Crippen LogP contribution is -1.98. The molecule has 0 aliphatic rings. The minimum absolute atomic E-state index is 0.0903. The molecule has 1 rings (SSSR count). The summed E-state index contributed by atoms with van der Waals surface area (Å²) in [4.78, 5) is 11.4. The van der Waals surface area contributed by atoms with Crippen LogP contribution in [0.2, 0.25) is 0 Å². The topological polar surface area (TPSA) is 26.3 Å². The number of unbranched alkanes of at least 4 members (excludes halogenated alkanes) is 4. The fraction of sp³-hybridized carbons (Fsp3) is 0.533. The van der Waals surface area contributed by atoms with Gasteiger partial charge >= 0.3 is 5.97 Å². The van der Waals surface area contributed by atoms with Crippen LogP contribution in [0.15, 0.2) is 30.3 Å². The van der Waals surface area contributed by atoms with E-state index in [-0.39, 0.29) is 5.97 Å². The zero-order chi connectivity index (χ0) is 13.1. The van der Waals surface area contributed by atoms with E-state index in [0.29, 0.717) is 6.42 Å². The van der Waals surface area contributed by atoms with Gasteiger partial charge in [-0.25, -0.2) is 0 Å². The van der Waals surface area contributed by atoms with Gasteiger partial charge in [0.25, 0.3) is 0 Å². The van der Waals surface area contributed by atoms with Gasteiger partial charge in [0.05, 0.1) is 17.8 Å². The van der Waals surface area contributed by atoms with Crippen molar-refractivity contribution in [3.63, 3.8) is 0 Å². The van der Waals surface area contributed by atoms with Crippen molar-refractivity contribution < 1.29 is 8.98 Å². The Morgan fingerprint density at radius 2 is 1.83 bits per heavy atom. The lowest BCUT2D eigenvalue weighted by molar-refractivity contribution is -0.133. The van der Waals surface area contributed by atoms with E-state index in [1.165, 1.54) is 36.9 Å². The van der Waals surface area contributed by atoms with Gasteiger partial charge in [0.15, 0.2) is 0 Å². The molecule has 0 atom stereocenters. The molecule has 0 saturated heterocycles. The molecule has 0 amide bonds. The summed E-state index contributed by atoms with van der Waals surface area (Å²) in [6, 6.07) is 10.0. The van der Waals surface area contributed by atoms with E-state index < -0.39 is 0 Å². The number of rotatable bonds is 9. The van der Waals surface area contributed by atoms with Crippen LogP contribution in [0.25, 0.3) is 0 Å². The number of benzene rings is 1. The molecule has 0 unspecified atom stereocenters. The first-order valence-corrected chi connectivity index (χ1v) is 7.60. The van der Waals surface area contributed by atoms with Gasteiger partial charge in [0.2, 0.25) is 0 Å². The first kappa shape index (κ1) is 15.1. The third kappa shape index (κ3) is 7.38. The zero-order valence-electron chi connectivity index (χ0n) is 11.1. The number of hydrogen-bond donors (Lipinski definition) is 0. The van der Waals surface area contributed by atoms with Crippen LogP contribution in [0.1, 0.15) is 51.0 Å². The van der Waals surface area contributed by atoms with Gasteiger partial charge in [-0.3, -0.25) is 4.79 Å². The monoisotopic (exact) mass is 266 g/mol. The van der Waals surface area contributed by atoms with Crippen molar-refractivity contribution in [3.8, 4) is 0 Å². The summed E-state index contributed by atoms with van der Waals surface area (Å²) in [7, 11) is 0. The van der Waals surface area contributed by atoms with E-state index in [4.69, 9.17) is 4.18 Å². The molecule has 0 radical (unpaired) electrons. The first-order chi connectivity index (χ1) is 8.83. The molecule has 0 aliphatic heterocycles. The lowest BCUT2D eigenvalue weighted by Gasteiger charge is -2.03. The SMILES string of the molecule is CCCCCCCC(=O)OSCc1ccccc1. The summed E-state index contributed by atoms with van der Waals surface area (Å²) in [5.74, 6) is 0.634. The molecule has 0 fully saturated rings. The van der Waals surface area contributed by atoms with Gasteiger partial charge < -0.3 is 4.18 Å². The summed E-state index contributed by atoms with van der Waals surface area (Å²) in [6.07, 6.45) is 6.35. The fourth-order valence-electron chi connectivity index (χ4n) is 1.65. The van der Waals surface area contributed by atoms with Gasteiger partial charge in [0, 0.05) is 6.42 Å². The Hall–Kier alpha value is -0.960. The van der Waals surface area contributed by atoms with Crippen LogP contribution in [0.3, 0.4) is 0 Å². The second-order valence-electron chi connectivity index (χ2n) is 4.37. The molecule has 0 N–H and O–H groups in total. The van der Waals surface area contributed by atoms with Crippen LogP contribution >= 0.6 is 12.0 Å². The highest BCUT2D eigenvalue weighted by Crippen LogP contribution is 2.15. The average Bonchev–Trinajstić information content (AvgIpc) is 2.40. The molecular formula is C15H22O2S. The molecule has 1 aromatic rings. The van der Waals surface area contributed by atoms with E-state index >= 15 is 0 Å². The molecule has 1 aromatic carbocycles. The molecule has 0 bridgehead atoms. The van der Waals surface area contributed by atoms with Crippen molar-refractivity contribution in [2.24, 2.45) is 0 Å². The first-order valence-electron chi connectivity index (χ1n) is 6.69. The van der Waals surface area contributed by atoms with Crippen LogP contribution < -0.4 is 0 Å². The summed E-state index contributed by atoms with van der Waals surface area (Å²) in [5.41, 5.74) is 1.18. The van der Waals surface area contributed by atoms with E-state index in [2.05, 4.69) is 6.92 Å². The number of carbonyl (C=O) groups is 1. The van der Waals surface area contributed by atoms with Gasteiger partial charge in [-0.1, -0.05) is 62.9 Å². The Morgan fingerprint density at radius 3 is 2.56 bits per heavy atom. The maximum Gasteiger partial charge on any atom is 0.317 e. The summed E-state index contributed by atoms with van der Waals surface area (Å²) in [6.45, 7) is 2.19. The zero-order valence-corrected chi connectivity index (χ0v) is 11.9. The van der Waals surface area contributed by atoms with E-state index in [0.717, 1.165) is 18.6 Å². The highest BCUT2D eigenvalue weighted by atomic mass is 32.2. The molecule has 0 aliphatic carbocycles. The summed E-state index contributed by atoms with van der Waals surface area (Å²) < 4.78 is 5.13. The van der Waals surface area contributed by atoms with Gasteiger partial charge in [-0.15, -0.1) is 0 Å². The number of hydrogen-bond acceptors (Lipinski definition) is 3. The van der Waals surface area contributed by atoms with Crippen LogP contribution in [-0.2, 0) is 14.7 Å². The largest absolute Gasteiger partial charge is 0.391 e. The molecule has 18 heavy (non-hydrogen) atoms. The molecule has 2 nitrogen and oxygen atoms in total. The molecule has 3 heteroatoms. The van der Waals surface area contributed by atoms with E-state index in [1.54, 1.807) is 0 Å². The smallest absolute Gasteiger partial charge is 0.317 e. The van der Waals surface area contributed by atoms with E-state index in [1.807, 2.05) is 30.3 Å². The van der Waals surface area contributed by atoms with Crippen molar-refractivity contribution in [2.75, 3.05) is 0 Å². The highest BCUT2D eigenvalue weighted by Gasteiger charge is 2.03. The van der Waals surface area contributed by atoms with E-state index in [9.17, 15) is 4.79 Å². The van der Waals surface area contributed by atoms with Gasteiger partial charge in [-0.2, -0.15) is 0 Å². The summed E-state index contributed by atoms with van der Waals surface area (Å²) in [5, 5.41) is 0. The predicted molar refractivity (Wildman–Crippen MR) is 77.2 cm³/mol. The van der Waals surface area contributed by atoms with Crippen molar-refractivity contribution in [2.45, 2.75) is 51.2 Å². The van der Waals surface area contributed by atoms with Crippen LogP contribution in [0.4, 0.5) is 0 Å². The molecule has 100 valence electrons. The maximum atomic E-state index is 11.4. The predicted octanol–water partition coefficient (Wildman–Crippen LogP) is 4.74. The molecule has 0 saturated carbocycles. The third-order valence-corrected chi connectivity index (χ3v) is 3.46. The Balaban J connectivity index is 2.00. The Kier molecular flexibility index (Phi) is 8.40. The standard InChI is InChI=1S/C15H22O2S/c1-2-3-4-5-9-12-15(16)17-18-13-14-10-7-6-8-11-14/h6-8,10-11H,2-5,9,12-13H2,1H3. The average molecular weight is 266 g/mol. The highest BCUT2D eigenvalue weighted by molar-refractivity contribution is 7.94. The van der Waals surface area contributed by atoms with Gasteiger partial charge in [0.1, 0.15) is 0 Å². The third-order valence-electron chi connectivity index (χ3n) is 2.70. The molecule has 0 aromatic heterocycles. The Morgan fingerprint density at radius 1 is 1.11 bits per heavy atom. The second kappa shape index (κ2) is 10.0. The normalized spacial score (nSPS) is 10.3. The number of carbonyl (C=O) groups excluding carboxylic acids is 1. The fourth-order valence-corrected chi connectivity index (χ4v) is 2.25. The summed E-state index contributed by atoms with van der Waals surface area (Å²) >= 11 is 1.23. The minimum Gasteiger partial charge on any atom is -0.391 e. The van der Waals surface area contributed by atoms with Crippen molar-refractivity contribution in [1.29, 1.82) is 0 Å². The van der Waals surface area contributed by atoms with Gasteiger partial charge in [-0.05, 0) is 12.0 Å². The van der Waals surface area contributed by atoms with Crippen molar-refractivity contribution in [1.82, 2.24) is 0 Å². The minimum atomic E-state index is -0.0903. The maximum absolute atomic E-state index is 11.4. The lowest BCUT2D eigenvalue weighted by atomic mass is 10.1. The van der Waals surface area contributed by atoms with Crippen LogP contribution in [0, 0.1) is 0 Å². The van der Waals surface area contributed by atoms with Crippen molar-refractivity contribution in [3.05, 3.63) is 35.9 Å². The molecule has 0 heterocycles. The van der Waals surface area contributed by atoms with Crippen molar-refractivity contribution >= 4 is 18.0 Å². The van der Waals surface area contributed by atoms with Crippen LogP contribution in [-0.4, -0.2) is 5.97 Å². The Bertz CT molecular complexity index is 325. The molecular weight excluding hydrogens is 244 g/mol. The quantitative estimate of drug-likeness (QED) is 0.477. The Labute approximate surface area is 114 Å². The van der Waals surface area contributed by atoms with Crippen LogP contribution in [0.5, 0.6) is 0 Å².